The van der Waals surface area contributed by atoms with Crippen molar-refractivity contribution in [2.75, 3.05) is 46.1 Å². The first-order chi connectivity index (χ1) is 38.3. The molecule has 1 aromatic heterocycles. The molecule has 0 bridgehead atoms. The van der Waals surface area contributed by atoms with Gasteiger partial charge in [-0.3, -0.25) is 19.4 Å². The topological polar surface area (TPSA) is 115 Å². The summed E-state index contributed by atoms with van der Waals surface area (Å²) in [6.45, 7) is 29.2. The molecule has 0 aromatic carbocycles. The van der Waals surface area contributed by atoms with E-state index in [0.29, 0.717) is 32.0 Å². The molecule has 468 valence electrons. The molecule has 0 radical (unpaired) electrons. The van der Waals surface area contributed by atoms with Gasteiger partial charge in [-0.2, -0.15) is 0 Å². The zero-order valence-electron chi connectivity index (χ0n) is 54.2. The Kier molecular flexibility index (Phi) is 65.2. The van der Waals surface area contributed by atoms with Crippen LogP contribution in [0.1, 0.15) is 338 Å². The standard InChI is InChI=1S/C28H55NO2.C27H54O4.C8H11N.C4H7ClO.C2H6/c1-5-7-11-18-26(19-12-8-6-2)20-17-25-31-27(30)28(3,4)21-13-9-10-14-22-29-23-15-16-24-29;1-3-5-7-9-12-16-20-26(21-17-13-10-8-6-4-2)31-27(29)22-18-14-11-15-19-24-30-25-23-28;1-7(2)8-3-5-9-6-4-8;1-2-3-4(5)6;1-2/h26H,5-25H2,1-4H3;26,28H,3-25H2,1-2H3;3-7H,1-2H3;2-3H2,1H3;1-2H3. The lowest BCUT2D eigenvalue weighted by Crippen LogP contribution is -2.27. The number of carbonyl (C=O) groups is 3. The Balaban J connectivity index is -0.00000113. The van der Waals surface area contributed by atoms with E-state index in [2.05, 4.69) is 65.3 Å². The maximum atomic E-state index is 12.6. The molecular formula is C69H133ClN2O7. The summed E-state index contributed by atoms with van der Waals surface area (Å²) in [4.78, 5) is 41.3. The summed E-state index contributed by atoms with van der Waals surface area (Å²) in [5.41, 5.74) is 1.02. The van der Waals surface area contributed by atoms with Crippen LogP contribution in [0.4, 0.5) is 0 Å². The van der Waals surface area contributed by atoms with Gasteiger partial charge >= 0.3 is 11.9 Å². The molecule has 1 aromatic rings. The fraction of sp³-hybridized carbons (Fsp3) is 0.884. The summed E-state index contributed by atoms with van der Waals surface area (Å²) >= 11 is 4.94. The summed E-state index contributed by atoms with van der Waals surface area (Å²) in [5.74, 6) is 1.46. The van der Waals surface area contributed by atoms with Gasteiger partial charge in [0.1, 0.15) is 6.10 Å². The maximum absolute atomic E-state index is 12.6. The van der Waals surface area contributed by atoms with Crippen molar-refractivity contribution in [3.63, 3.8) is 0 Å². The third kappa shape index (κ3) is 58.9. The number of unbranched alkanes of at least 4 members (excludes halogenated alkanes) is 21. The van der Waals surface area contributed by atoms with Crippen molar-refractivity contribution in [3.05, 3.63) is 30.1 Å². The van der Waals surface area contributed by atoms with Gasteiger partial charge in [0, 0.05) is 31.8 Å². The molecule has 2 heterocycles. The number of ether oxygens (including phenoxy) is 3. The van der Waals surface area contributed by atoms with Crippen LogP contribution in [0.5, 0.6) is 0 Å². The van der Waals surface area contributed by atoms with Crippen LogP contribution >= 0.6 is 11.6 Å². The van der Waals surface area contributed by atoms with Crippen LogP contribution in [0, 0.1) is 11.3 Å². The Labute approximate surface area is 496 Å². The summed E-state index contributed by atoms with van der Waals surface area (Å²) in [5, 5.41) is 8.43. The third-order valence-electron chi connectivity index (χ3n) is 15.0. The minimum Gasteiger partial charge on any atom is -0.465 e. The Morgan fingerprint density at radius 2 is 1.05 bits per heavy atom. The van der Waals surface area contributed by atoms with Crippen LogP contribution < -0.4 is 0 Å². The molecule has 9 nitrogen and oxygen atoms in total. The van der Waals surface area contributed by atoms with Crippen LogP contribution in [-0.2, 0) is 28.6 Å². The Bertz CT molecular complexity index is 1370. The van der Waals surface area contributed by atoms with Gasteiger partial charge in [0.05, 0.1) is 25.2 Å². The average molecular weight is 1140 g/mol. The van der Waals surface area contributed by atoms with E-state index in [4.69, 9.17) is 30.9 Å². The first-order valence-electron chi connectivity index (χ1n) is 33.7. The Morgan fingerprint density at radius 1 is 0.582 bits per heavy atom. The molecular weight excluding hydrogens is 1000 g/mol. The number of aliphatic hydroxyl groups is 1. The first-order valence-corrected chi connectivity index (χ1v) is 34.0. The second-order valence-electron chi connectivity index (χ2n) is 23.4. The predicted octanol–water partition coefficient (Wildman–Crippen LogP) is 20.7. The second-order valence-corrected chi connectivity index (χ2v) is 23.8. The average Bonchev–Trinajstić information content (AvgIpc) is 3.97. The predicted molar refractivity (Wildman–Crippen MR) is 341 cm³/mol. The third-order valence-corrected chi connectivity index (χ3v) is 15.2. The van der Waals surface area contributed by atoms with E-state index in [1.165, 1.54) is 192 Å². The van der Waals surface area contributed by atoms with Gasteiger partial charge in [-0.05, 0) is 158 Å². The number of nitrogens with zero attached hydrogens (tertiary/aromatic N) is 2. The highest BCUT2D eigenvalue weighted by molar-refractivity contribution is 6.63. The minimum atomic E-state index is -0.337. The zero-order valence-corrected chi connectivity index (χ0v) is 55.0. The number of rotatable bonds is 48. The first kappa shape index (κ1) is 81.1. The lowest BCUT2D eigenvalue weighted by Gasteiger charge is -2.23. The van der Waals surface area contributed by atoms with Gasteiger partial charge in [-0.15, -0.1) is 0 Å². The van der Waals surface area contributed by atoms with E-state index in [9.17, 15) is 14.4 Å². The lowest BCUT2D eigenvalue weighted by atomic mass is 9.87. The van der Waals surface area contributed by atoms with E-state index in [0.717, 1.165) is 83.2 Å². The van der Waals surface area contributed by atoms with Crippen LogP contribution in [-0.4, -0.2) is 84.3 Å². The lowest BCUT2D eigenvalue weighted by molar-refractivity contribution is -0.154. The number of aliphatic hydroxyl groups excluding tert-OH is 1. The van der Waals surface area contributed by atoms with Crippen molar-refractivity contribution in [1.29, 1.82) is 0 Å². The van der Waals surface area contributed by atoms with Crippen molar-refractivity contribution in [3.8, 4) is 0 Å². The quantitative estimate of drug-likeness (QED) is 0.0387. The molecule has 1 fully saturated rings. The van der Waals surface area contributed by atoms with E-state index >= 15 is 0 Å². The number of likely N-dealkylation sites (tertiary alicyclic amines) is 1. The molecule has 10 heteroatoms. The Hall–Kier alpha value is -2.07. The summed E-state index contributed by atoms with van der Waals surface area (Å²) in [6, 6.07) is 4.09. The van der Waals surface area contributed by atoms with E-state index in [1.807, 2.05) is 45.3 Å². The largest absolute Gasteiger partial charge is 0.465 e. The second kappa shape index (κ2) is 63.5. The van der Waals surface area contributed by atoms with Crippen molar-refractivity contribution >= 4 is 28.8 Å². The van der Waals surface area contributed by atoms with E-state index in [-0.39, 0.29) is 35.3 Å². The van der Waals surface area contributed by atoms with Gasteiger partial charge in [-0.25, -0.2) is 0 Å². The molecule has 0 spiro atoms. The molecule has 0 unspecified atom stereocenters. The monoisotopic (exact) mass is 1140 g/mol. The number of aromatic nitrogens is 1. The highest BCUT2D eigenvalue weighted by atomic mass is 35.5. The molecule has 0 aliphatic carbocycles. The minimum absolute atomic E-state index is 0.00763. The van der Waals surface area contributed by atoms with Crippen LogP contribution in [0.2, 0.25) is 0 Å². The van der Waals surface area contributed by atoms with Gasteiger partial charge in [0.15, 0.2) is 0 Å². The van der Waals surface area contributed by atoms with Gasteiger partial charge in [0.2, 0.25) is 5.24 Å². The fourth-order valence-corrected chi connectivity index (χ4v) is 10.0. The molecule has 1 saturated heterocycles. The molecule has 1 aliphatic heterocycles. The van der Waals surface area contributed by atoms with Crippen molar-refractivity contribution in [2.24, 2.45) is 11.3 Å². The summed E-state index contributed by atoms with van der Waals surface area (Å²) in [6.07, 6.45) is 50.2. The summed E-state index contributed by atoms with van der Waals surface area (Å²) in [7, 11) is 0. The fourth-order valence-electron chi connectivity index (χ4n) is 9.82. The molecule has 2 rings (SSSR count). The van der Waals surface area contributed by atoms with Gasteiger partial charge in [-0.1, -0.05) is 216 Å². The van der Waals surface area contributed by atoms with Crippen LogP contribution in [0.3, 0.4) is 0 Å². The van der Waals surface area contributed by atoms with Crippen LogP contribution in [0.25, 0.3) is 0 Å². The molecule has 0 atom stereocenters. The van der Waals surface area contributed by atoms with Crippen molar-refractivity contribution < 1.29 is 33.7 Å². The summed E-state index contributed by atoms with van der Waals surface area (Å²) < 4.78 is 16.9. The zero-order chi connectivity index (χ0) is 59.3. The normalized spacial score (nSPS) is 12.3. The molecule has 0 saturated carbocycles. The van der Waals surface area contributed by atoms with Gasteiger partial charge < -0.3 is 24.2 Å². The number of hydrogen-bond donors (Lipinski definition) is 1. The number of pyridine rings is 1. The number of esters is 2. The highest BCUT2D eigenvalue weighted by Crippen LogP contribution is 2.27. The smallest absolute Gasteiger partial charge is 0.311 e. The van der Waals surface area contributed by atoms with Crippen molar-refractivity contribution in [2.45, 2.75) is 339 Å². The van der Waals surface area contributed by atoms with Gasteiger partial charge in [0.25, 0.3) is 0 Å². The highest BCUT2D eigenvalue weighted by Gasteiger charge is 2.28. The number of carbonyl (C=O) groups excluding carboxylic acids is 3. The molecule has 0 amide bonds. The van der Waals surface area contributed by atoms with Crippen LogP contribution in [0.15, 0.2) is 24.5 Å². The number of hydrogen-bond acceptors (Lipinski definition) is 9. The van der Waals surface area contributed by atoms with E-state index < -0.39 is 0 Å². The molecule has 1 aliphatic rings. The Morgan fingerprint density at radius 3 is 1.54 bits per heavy atom. The number of halogens is 1. The maximum Gasteiger partial charge on any atom is 0.311 e. The van der Waals surface area contributed by atoms with Crippen molar-refractivity contribution in [1.82, 2.24) is 9.88 Å². The SMILES string of the molecule is CC.CC(C)c1ccncc1.CCCC(=O)Cl.CCCCCC(CCCCC)CCCOC(=O)C(C)(C)CCCCCCN1CCCC1.CCCCCCCCC(CCCCCCCC)OC(=O)CCCCCCCOCCO. The van der Waals surface area contributed by atoms with E-state index in [1.54, 1.807) is 0 Å². The molecule has 1 N–H and O–H groups in total. The molecule has 79 heavy (non-hydrogen) atoms.